The molecule has 0 atom stereocenters. The summed E-state index contributed by atoms with van der Waals surface area (Å²) in [4.78, 5) is 14.0. The average Bonchev–Trinajstić information content (AvgIpc) is 2.91. The van der Waals surface area contributed by atoms with E-state index in [1.165, 1.54) is 4.88 Å². The summed E-state index contributed by atoms with van der Waals surface area (Å²) in [6, 6.07) is 4.50. The Kier molecular flexibility index (Phi) is 5.11. The second-order valence-electron chi connectivity index (χ2n) is 4.44. The molecule has 2 aromatic heterocycles. The Hall–Kier alpha value is -1.89. The van der Waals surface area contributed by atoms with Crippen molar-refractivity contribution in [1.82, 2.24) is 15.0 Å². The lowest BCUT2D eigenvalue weighted by Crippen LogP contribution is -2.14. The van der Waals surface area contributed by atoms with Gasteiger partial charge in [0.05, 0.1) is 6.10 Å². The zero-order chi connectivity index (χ0) is 14.4. The monoisotopic (exact) mass is 293 g/mol. The van der Waals surface area contributed by atoms with Crippen molar-refractivity contribution >= 4 is 23.2 Å². The molecule has 0 unspecified atom stereocenters. The van der Waals surface area contributed by atoms with Crippen molar-refractivity contribution in [3.63, 3.8) is 0 Å². The minimum atomic E-state index is 0.0288. The molecule has 0 spiro atoms. The molecule has 0 aromatic carbocycles. The van der Waals surface area contributed by atoms with Crippen LogP contribution in [0, 0.1) is 0 Å². The molecule has 0 aliphatic heterocycles. The molecule has 0 bridgehead atoms. The van der Waals surface area contributed by atoms with Crippen molar-refractivity contribution in [3.05, 3.63) is 22.4 Å². The van der Waals surface area contributed by atoms with Gasteiger partial charge in [0.1, 0.15) is 0 Å². The molecule has 0 aliphatic carbocycles. The van der Waals surface area contributed by atoms with E-state index in [1.807, 2.05) is 13.8 Å². The Balaban J connectivity index is 1.98. The Morgan fingerprint density at radius 3 is 2.70 bits per heavy atom. The highest BCUT2D eigenvalue weighted by atomic mass is 32.1. The number of rotatable bonds is 7. The second kappa shape index (κ2) is 7.04. The van der Waals surface area contributed by atoms with Gasteiger partial charge in [0.25, 0.3) is 0 Å². The third-order valence-corrected chi connectivity index (χ3v) is 3.35. The highest BCUT2D eigenvalue weighted by Crippen LogP contribution is 2.13. The number of hydrogen-bond donors (Lipinski definition) is 2. The van der Waals surface area contributed by atoms with Crippen LogP contribution >= 0.6 is 11.3 Å². The van der Waals surface area contributed by atoms with Gasteiger partial charge in [-0.1, -0.05) is 6.07 Å². The van der Waals surface area contributed by atoms with E-state index in [1.54, 1.807) is 18.4 Å². The number of ether oxygens (including phenoxy) is 1. The van der Waals surface area contributed by atoms with Gasteiger partial charge in [0, 0.05) is 18.5 Å². The lowest BCUT2D eigenvalue weighted by molar-refractivity contribution is 0.222. The van der Waals surface area contributed by atoms with Crippen molar-refractivity contribution in [1.29, 1.82) is 0 Å². The van der Waals surface area contributed by atoms with Crippen LogP contribution in [0.4, 0.5) is 11.9 Å². The van der Waals surface area contributed by atoms with Crippen LogP contribution in [0.25, 0.3) is 0 Å². The van der Waals surface area contributed by atoms with Crippen LogP contribution < -0.4 is 15.4 Å². The third-order valence-electron chi connectivity index (χ3n) is 2.41. The highest BCUT2D eigenvalue weighted by molar-refractivity contribution is 7.09. The summed E-state index contributed by atoms with van der Waals surface area (Å²) in [7, 11) is 1.77. The number of aromatic nitrogens is 3. The Morgan fingerprint density at radius 1 is 1.25 bits per heavy atom. The fraction of sp³-hybridized carbons (Fsp3) is 0.462. The van der Waals surface area contributed by atoms with Gasteiger partial charge in [-0.05, 0) is 31.7 Å². The van der Waals surface area contributed by atoms with E-state index >= 15 is 0 Å². The predicted octanol–water partition coefficient (Wildman–Crippen LogP) is 2.42. The summed E-state index contributed by atoms with van der Waals surface area (Å²) in [6.45, 7) is 4.65. The quantitative estimate of drug-likeness (QED) is 0.817. The maximum absolute atomic E-state index is 5.51. The maximum atomic E-state index is 5.51. The van der Waals surface area contributed by atoms with Gasteiger partial charge in [-0.25, -0.2) is 0 Å². The van der Waals surface area contributed by atoms with Gasteiger partial charge in [0.2, 0.25) is 11.9 Å². The van der Waals surface area contributed by atoms with Crippen molar-refractivity contribution in [2.45, 2.75) is 26.4 Å². The summed E-state index contributed by atoms with van der Waals surface area (Å²) in [6.07, 6.45) is 0.972. The van der Waals surface area contributed by atoms with Gasteiger partial charge in [0.15, 0.2) is 0 Å². The number of anilines is 2. The predicted molar refractivity (Wildman–Crippen MR) is 81.7 cm³/mol. The molecular weight excluding hydrogens is 274 g/mol. The maximum Gasteiger partial charge on any atom is 0.323 e. The molecule has 0 fully saturated rings. The number of nitrogens with zero attached hydrogens (tertiary/aromatic N) is 3. The van der Waals surface area contributed by atoms with E-state index in [0.29, 0.717) is 17.9 Å². The Labute approximate surface area is 122 Å². The number of hydrogen-bond acceptors (Lipinski definition) is 7. The summed E-state index contributed by atoms with van der Waals surface area (Å²) in [5.74, 6) is 1.02. The molecule has 20 heavy (non-hydrogen) atoms. The summed E-state index contributed by atoms with van der Waals surface area (Å²) in [5, 5.41) is 8.18. The van der Waals surface area contributed by atoms with Gasteiger partial charge >= 0.3 is 6.01 Å². The average molecular weight is 293 g/mol. The first-order valence-corrected chi connectivity index (χ1v) is 7.42. The lowest BCUT2D eigenvalue weighted by atomic mass is 10.3. The molecule has 0 amide bonds. The molecule has 0 radical (unpaired) electrons. The first kappa shape index (κ1) is 14.5. The second-order valence-corrected chi connectivity index (χ2v) is 5.47. The Bertz CT molecular complexity index is 530. The SMILES string of the molecule is CNc1nc(NCCc2cccs2)nc(OC(C)C)n1. The van der Waals surface area contributed by atoms with Gasteiger partial charge in [-0.3, -0.25) is 0 Å². The molecule has 2 heterocycles. The fourth-order valence-electron chi connectivity index (χ4n) is 1.56. The Morgan fingerprint density at radius 2 is 2.05 bits per heavy atom. The fourth-order valence-corrected chi connectivity index (χ4v) is 2.27. The van der Waals surface area contributed by atoms with Crippen LogP contribution in [0.2, 0.25) is 0 Å². The van der Waals surface area contributed by atoms with Gasteiger partial charge < -0.3 is 15.4 Å². The van der Waals surface area contributed by atoms with E-state index in [2.05, 4.69) is 43.1 Å². The smallest absolute Gasteiger partial charge is 0.323 e. The van der Waals surface area contributed by atoms with Gasteiger partial charge in [-0.2, -0.15) is 15.0 Å². The molecule has 108 valence electrons. The standard InChI is InChI=1S/C13H19N5OS/c1-9(2)19-13-17-11(14-3)16-12(18-13)15-7-6-10-5-4-8-20-10/h4-5,8-9H,6-7H2,1-3H3,(H2,14,15,16,17,18). The van der Waals surface area contributed by atoms with E-state index < -0.39 is 0 Å². The molecule has 6 nitrogen and oxygen atoms in total. The molecule has 0 saturated carbocycles. The van der Waals surface area contributed by atoms with E-state index in [-0.39, 0.29) is 6.10 Å². The highest BCUT2D eigenvalue weighted by Gasteiger charge is 2.08. The third kappa shape index (κ3) is 4.34. The number of nitrogens with one attached hydrogen (secondary N) is 2. The minimum Gasteiger partial charge on any atom is -0.461 e. The summed E-state index contributed by atoms with van der Waals surface area (Å²) in [5.41, 5.74) is 0. The van der Waals surface area contributed by atoms with Crippen LogP contribution in [0.15, 0.2) is 17.5 Å². The van der Waals surface area contributed by atoms with Crippen molar-refractivity contribution in [2.75, 3.05) is 24.2 Å². The lowest BCUT2D eigenvalue weighted by Gasteiger charge is -2.10. The van der Waals surface area contributed by atoms with E-state index in [0.717, 1.165) is 13.0 Å². The first-order valence-electron chi connectivity index (χ1n) is 6.54. The van der Waals surface area contributed by atoms with Crippen molar-refractivity contribution < 1.29 is 4.74 Å². The van der Waals surface area contributed by atoms with Crippen molar-refractivity contribution in [2.24, 2.45) is 0 Å². The van der Waals surface area contributed by atoms with Crippen LogP contribution in [-0.4, -0.2) is 34.6 Å². The largest absolute Gasteiger partial charge is 0.461 e. The van der Waals surface area contributed by atoms with Crippen LogP contribution in [-0.2, 0) is 6.42 Å². The van der Waals surface area contributed by atoms with E-state index in [9.17, 15) is 0 Å². The molecule has 2 rings (SSSR count). The topological polar surface area (TPSA) is 72.0 Å². The molecule has 0 saturated heterocycles. The summed E-state index contributed by atoms with van der Waals surface area (Å²) >= 11 is 1.75. The number of thiophene rings is 1. The first-order chi connectivity index (χ1) is 9.67. The summed E-state index contributed by atoms with van der Waals surface area (Å²) < 4.78 is 5.51. The molecular formula is C13H19N5OS. The van der Waals surface area contributed by atoms with E-state index in [4.69, 9.17) is 4.74 Å². The molecule has 2 aromatic rings. The normalized spacial score (nSPS) is 10.6. The molecule has 7 heteroatoms. The zero-order valence-electron chi connectivity index (χ0n) is 11.9. The van der Waals surface area contributed by atoms with Gasteiger partial charge in [-0.15, -0.1) is 11.3 Å². The van der Waals surface area contributed by atoms with Crippen LogP contribution in [0.1, 0.15) is 18.7 Å². The zero-order valence-corrected chi connectivity index (χ0v) is 12.7. The van der Waals surface area contributed by atoms with Crippen molar-refractivity contribution in [3.8, 4) is 6.01 Å². The van der Waals surface area contributed by atoms with Crippen LogP contribution in [0.5, 0.6) is 6.01 Å². The molecule has 2 N–H and O–H groups in total. The van der Waals surface area contributed by atoms with Crippen LogP contribution in [0.3, 0.4) is 0 Å². The minimum absolute atomic E-state index is 0.0288. The molecule has 0 aliphatic rings.